The SMILES string of the molecule is CCOCc1ccccc1CNCc1ccnc(C)n1. The second-order valence-electron chi connectivity index (χ2n) is 4.60. The summed E-state index contributed by atoms with van der Waals surface area (Å²) < 4.78 is 5.49. The zero-order valence-corrected chi connectivity index (χ0v) is 12.1. The number of hydrogen-bond acceptors (Lipinski definition) is 4. The molecule has 0 aliphatic heterocycles. The van der Waals surface area contributed by atoms with Gasteiger partial charge in [-0.25, -0.2) is 9.97 Å². The van der Waals surface area contributed by atoms with Gasteiger partial charge < -0.3 is 10.1 Å². The Labute approximate surface area is 120 Å². The van der Waals surface area contributed by atoms with Crippen LogP contribution in [-0.2, 0) is 24.4 Å². The molecule has 0 unspecified atom stereocenters. The molecule has 1 heterocycles. The van der Waals surface area contributed by atoms with E-state index in [1.54, 1.807) is 6.20 Å². The second-order valence-corrected chi connectivity index (χ2v) is 4.60. The fourth-order valence-corrected chi connectivity index (χ4v) is 2.01. The third-order valence-corrected chi connectivity index (χ3v) is 3.04. The molecule has 0 atom stereocenters. The Morgan fingerprint density at radius 3 is 2.65 bits per heavy atom. The third kappa shape index (κ3) is 4.40. The first-order valence-corrected chi connectivity index (χ1v) is 6.93. The van der Waals surface area contributed by atoms with Crippen LogP contribution in [0.3, 0.4) is 0 Å². The fraction of sp³-hybridized carbons (Fsp3) is 0.375. The Hall–Kier alpha value is -1.78. The second kappa shape index (κ2) is 7.72. The van der Waals surface area contributed by atoms with Crippen molar-refractivity contribution in [3.63, 3.8) is 0 Å². The summed E-state index contributed by atoms with van der Waals surface area (Å²) in [6, 6.07) is 10.3. The third-order valence-electron chi connectivity index (χ3n) is 3.04. The van der Waals surface area contributed by atoms with Gasteiger partial charge >= 0.3 is 0 Å². The number of ether oxygens (including phenoxy) is 1. The smallest absolute Gasteiger partial charge is 0.125 e. The lowest BCUT2D eigenvalue weighted by Crippen LogP contribution is -2.15. The van der Waals surface area contributed by atoms with Gasteiger partial charge in [0.25, 0.3) is 0 Å². The minimum Gasteiger partial charge on any atom is -0.377 e. The highest BCUT2D eigenvalue weighted by Gasteiger charge is 2.02. The van der Waals surface area contributed by atoms with Crippen molar-refractivity contribution in [2.45, 2.75) is 33.5 Å². The standard InChI is InChI=1S/C16H21N3O/c1-3-20-12-15-7-5-4-6-14(15)10-17-11-16-8-9-18-13(2)19-16/h4-9,17H,3,10-12H2,1-2H3. The molecule has 1 aromatic carbocycles. The van der Waals surface area contributed by atoms with E-state index in [9.17, 15) is 0 Å². The van der Waals surface area contributed by atoms with Crippen molar-refractivity contribution in [1.82, 2.24) is 15.3 Å². The lowest BCUT2D eigenvalue weighted by Gasteiger charge is -2.10. The van der Waals surface area contributed by atoms with E-state index in [0.717, 1.165) is 31.2 Å². The zero-order chi connectivity index (χ0) is 14.2. The summed E-state index contributed by atoms with van der Waals surface area (Å²) in [7, 11) is 0. The van der Waals surface area contributed by atoms with Crippen LogP contribution in [0.5, 0.6) is 0 Å². The molecule has 20 heavy (non-hydrogen) atoms. The predicted molar refractivity (Wildman–Crippen MR) is 79.1 cm³/mol. The average Bonchev–Trinajstić information content (AvgIpc) is 2.46. The summed E-state index contributed by atoms with van der Waals surface area (Å²) in [5, 5.41) is 3.42. The summed E-state index contributed by atoms with van der Waals surface area (Å²) in [4.78, 5) is 8.48. The largest absolute Gasteiger partial charge is 0.377 e. The first-order chi connectivity index (χ1) is 9.79. The van der Waals surface area contributed by atoms with Crippen LogP contribution in [0.15, 0.2) is 36.5 Å². The van der Waals surface area contributed by atoms with Gasteiger partial charge in [0, 0.05) is 25.9 Å². The van der Waals surface area contributed by atoms with Crippen molar-refractivity contribution in [2.75, 3.05) is 6.61 Å². The Balaban J connectivity index is 1.90. The molecule has 0 aliphatic rings. The van der Waals surface area contributed by atoms with Crippen LogP contribution in [0.2, 0.25) is 0 Å². The molecule has 0 saturated heterocycles. The van der Waals surface area contributed by atoms with Gasteiger partial charge in [0.1, 0.15) is 5.82 Å². The highest BCUT2D eigenvalue weighted by molar-refractivity contribution is 5.26. The molecular weight excluding hydrogens is 250 g/mol. The maximum Gasteiger partial charge on any atom is 0.125 e. The lowest BCUT2D eigenvalue weighted by molar-refractivity contribution is 0.133. The molecule has 106 valence electrons. The van der Waals surface area contributed by atoms with Gasteiger partial charge in [-0.05, 0) is 31.0 Å². The molecule has 4 nitrogen and oxygen atoms in total. The van der Waals surface area contributed by atoms with Crippen LogP contribution in [0.4, 0.5) is 0 Å². The normalized spacial score (nSPS) is 10.7. The highest BCUT2D eigenvalue weighted by Crippen LogP contribution is 2.10. The summed E-state index contributed by atoms with van der Waals surface area (Å²) >= 11 is 0. The van der Waals surface area contributed by atoms with E-state index in [4.69, 9.17) is 4.74 Å². The summed E-state index contributed by atoms with van der Waals surface area (Å²) in [6.07, 6.45) is 1.79. The van der Waals surface area contributed by atoms with E-state index in [1.807, 2.05) is 26.0 Å². The number of benzene rings is 1. The van der Waals surface area contributed by atoms with Crippen molar-refractivity contribution in [1.29, 1.82) is 0 Å². The Morgan fingerprint density at radius 2 is 1.90 bits per heavy atom. The maximum atomic E-state index is 5.49. The number of rotatable bonds is 7. The summed E-state index contributed by atoms with van der Waals surface area (Å²) in [5.41, 5.74) is 3.52. The van der Waals surface area contributed by atoms with Gasteiger partial charge in [-0.3, -0.25) is 0 Å². The van der Waals surface area contributed by atoms with Crippen molar-refractivity contribution >= 4 is 0 Å². The van der Waals surface area contributed by atoms with Crippen molar-refractivity contribution in [3.05, 3.63) is 59.2 Å². The van der Waals surface area contributed by atoms with Crippen LogP contribution < -0.4 is 5.32 Å². The molecule has 0 amide bonds. The van der Waals surface area contributed by atoms with Crippen molar-refractivity contribution in [2.24, 2.45) is 0 Å². The van der Waals surface area contributed by atoms with Crippen LogP contribution in [-0.4, -0.2) is 16.6 Å². The van der Waals surface area contributed by atoms with Gasteiger partial charge in [0.2, 0.25) is 0 Å². The van der Waals surface area contributed by atoms with Gasteiger partial charge in [0.05, 0.1) is 12.3 Å². The van der Waals surface area contributed by atoms with Crippen LogP contribution in [0.1, 0.15) is 29.6 Å². The van der Waals surface area contributed by atoms with E-state index >= 15 is 0 Å². The molecular formula is C16H21N3O. The fourth-order valence-electron chi connectivity index (χ4n) is 2.01. The molecule has 0 fully saturated rings. The van der Waals surface area contributed by atoms with Crippen molar-refractivity contribution < 1.29 is 4.74 Å². The first-order valence-electron chi connectivity index (χ1n) is 6.93. The topological polar surface area (TPSA) is 47.0 Å². The monoisotopic (exact) mass is 271 g/mol. The summed E-state index contributed by atoms with van der Waals surface area (Å²) in [5.74, 6) is 0.807. The number of nitrogens with zero attached hydrogens (tertiary/aromatic N) is 2. The van der Waals surface area contributed by atoms with Crippen LogP contribution >= 0.6 is 0 Å². The zero-order valence-electron chi connectivity index (χ0n) is 12.1. The molecule has 0 bridgehead atoms. The van der Waals surface area contributed by atoms with Gasteiger partial charge in [0.15, 0.2) is 0 Å². The molecule has 0 radical (unpaired) electrons. The van der Waals surface area contributed by atoms with E-state index in [0.29, 0.717) is 6.61 Å². The number of aromatic nitrogens is 2. The summed E-state index contributed by atoms with van der Waals surface area (Å²) in [6.45, 7) is 6.88. The minimum atomic E-state index is 0.668. The number of hydrogen-bond donors (Lipinski definition) is 1. The van der Waals surface area contributed by atoms with E-state index in [-0.39, 0.29) is 0 Å². The molecule has 2 rings (SSSR count). The van der Waals surface area contributed by atoms with E-state index in [1.165, 1.54) is 11.1 Å². The Kier molecular flexibility index (Phi) is 5.65. The maximum absolute atomic E-state index is 5.49. The van der Waals surface area contributed by atoms with Crippen molar-refractivity contribution in [3.8, 4) is 0 Å². The molecule has 0 spiro atoms. The van der Waals surface area contributed by atoms with E-state index < -0.39 is 0 Å². The number of nitrogens with one attached hydrogen (secondary N) is 1. The van der Waals surface area contributed by atoms with Gasteiger partial charge in [-0.1, -0.05) is 24.3 Å². The van der Waals surface area contributed by atoms with Gasteiger partial charge in [-0.2, -0.15) is 0 Å². The first kappa shape index (κ1) is 14.6. The van der Waals surface area contributed by atoms with E-state index in [2.05, 4.69) is 33.5 Å². The quantitative estimate of drug-likeness (QED) is 0.841. The highest BCUT2D eigenvalue weighted by atomic mass is 16.5. The Bertz CT molecular complexity index is 543. The lowest BCUT2D eigenvalue weighted by atomic mass is 10.1. The molecule has 1 aromatic heterocycles. The molecule has 4 heteroatoms. The predicted octanol–water partition coefficient (Wildman–Crippen LogP) is 2.61. The molecule has 2 aromatic rings. The van der Waals surface area contributed by atoms with Crippen LogP contribution in [0, 0.1) is 6.92 Å². The van der Waals surface area contributed by atoms with Gasteiger partial charge in [-0.15, -0.1) is 0 Å². The molecule has 1 N–H and O–H groups in total. The average molecular weight is 271 g/mol. The number of aryl methyl sites for hydroxylation is 1. The molecule has 0 aliphatic carbocycles. The van der Waals surface area contributed by atoms with Crippen LogP contribution in [0.25, 0.3) is 0 Å². The Morgan fingerprint density at radius 1 is 1.10 bits per heavy atom. The minimum absolute atomic E-state index is 0.668. The molecule has 0 saturated carbocycles.